The van der Waals surface area contributed by atoms with Gasteiger partial charge in [0.25, 0.3) is 0 Å². The molecular weight excluding hydrogens is 647 g/mol. The van der Waals surface area contributed by atoms with E-state index in [0.29, 0.717) is 0 Å². The maximum Gasteiger partial charge on any atom is 0.184 e. The summed E-state index contributed by atoms with van der Waals surface area (Å²) in [5, 5.41) is 10.6. The van der Waals surface area contributed by atoms with Crippen molar-refractivity contribution in [2.75, 3.05) is 4.90 Å². The summed E-state index contributed by atoms with van der Waals surface area (Å²) in [6, 6.07) is 65.1. The van der Waals surface area contributed by atoms with E-state index in [1.807, 2.05) is 6.07 Å². The molecule has 0 spiro atoms. The van der Waals surface area contributed by atoms with Gasteiger partial charge in [-0.1, -0.05) is 158 Å². The topological polar surface area (TPSA) is 16.4 Å². The zero-order chi connectivity index (χ0) is 34.2. The van der Waals surface area contributed by atoms with Crippen molar-refractivity contribution in [2.45, 2.75) is 6.42 Å². The van der Waals surface area contributed by atoms with Crippen LogP contribution in [-0.2, 0) is 6.42 Å². The molecule has 2 nitrogen and oxygen atoms in total. The lowest BCUT2D eigenvalue weighted by molar-refractivity contribution is 0.670. The summed E-state index contributed by atoms with van der Waals surface area (Å²) in [6.45, 7) is 0. The van der Waals surface area contributed by atoms with E-state index >= 15 is 0 Å². The number of anilines is 3. The van der Waals surface area contributed by atoms with Gasteiger partial charge >= 0.3 is 0 Å². The zero-order valence-corrected chi connectivity index (χ0v) is 29.5. The van der Waals surface area contributed by atoms with Crippen molar-refractivity contribution in [2.24, 2.45) is 0 Å². The van der Waals surface area contributed by atoms with Crippen LogP contribution < -0.4 is 25.6 Å². The number of allylic oxidation sites excluding steroid dienone is 1. The Morgan fingerprint density at radius 3 is 2.04 bits per heavy atom. The summed E-state index contributed by atoms with van der Waals surface area (Å²) >= 11 is 0. The normalized spacial score (nSPS) is 14.1. The average molecular weight is 680 g/mol. The van der Waals surface area contributed by atoms with Gasteiger partial charge in [0, 0.05) is 33.4 Å². The fourth-order valence-electron chi connectivity index (χ4n) is 9.24. The second-order valence-corrected chi connectivity index (χ2v) is 17.7. The van der Waals surface area contributed by atoms with Crippen LogP contribution >= 0.6 is 0 Å². The minimum absolute atomic E-state index is 0.898. The number of hydrogen-bond donors (Lipinski definition) is 0. The number of fused-ring (bicyclic) bond motifs is 6. The number of rotatable bonds is 4. The molecule has 0 bridgehead atoms. The Labute approximate surface area is 303 Å². The third kappa shape index (κ3) is 4.05. The van der Waals surface area contributed by atoms with Crippen molar-refractivity contribution in [3.8, 4) is 11.1 Å². The molecule has 3 heteroatoms. The third-order valence-corrected chi connectivity index (χ3v) is 16.2. The predicted octanol–water partition coefficient (Wildman–Crippen LogP) is 10.1. The minimum atomic E-state index is -2.93. The third-order valence-electron chi connectivity index (χ3n) is 11.3. The molecule has 2 heterocycles. The Morgan fingerprint density at radius 1 is 0.558 bits per heavy atom. The van der Waals surface area contributed by atoms with E-state index in [4.69, 9.17) is 4.42 Å². The van der Waals surface area contributed by atoms with E-state index < -0.39 is 8.07 Å². The van der Waals surface area contributed by atoms with E-state index in [9.17, 15) is 0 Å². The van der Waals surface area contributed by atoms with Gasteiger partial charge in [-0.3, -0.25) is 0 Å². The fraction of sp³-hybridized carbons (Fsp3) is 0.0204. The Balaban J connectivity index is 1.31. The van der Waals surface area contributed by atoms with Crippen molar-refractivity contribution in [1.29, 1.82) is 0 Å². The van der Waals surface area contributed by atoms with E-state index in [0.717, 1.165) is 45.2 Å². The van der Waals surface area contributed by atoms with Crippen LogP contribution in [0, 0.1) is 0 Å². The number of para-hydroxylation sites is 3. The SMILES string of the molecule is C1=Cc2cccc3cc4c(c(c23)C1)[Si](c1ccccc1)(c1ccccc1)c1ccc(-c2cccc3c2oc2ccccc23)cc1N4c1ccccc1. The van der Waals surface area contributed by atoms with Crippen LogP contribution in [0.4, 0.5) is 17.1 Å². The van der Waals surface area contributed by atoms with Crippen LogP contribution in [0.2, 0.25) is 0 Å². The van der Waals surface area contributed by atoms with Crippen molar-refractivity contribution in [3.05, 3.63) is 193 Å². The lowest BCUT2D eigenvalue weighted by Crippen LogP contribution is -2.77. The Bertz CT molecular complexity index is 2830. The Kier molecular flexibility index (Phi) is 6.37. The average Bonchev–Trinajstić information content (AvgIpc) is 3.60. The van der Waals surface area contributed by atoms with Crippen molar-refractivity contribution in [1.82, 2.24) is 0 Å². The molecule has 0 radical (unpaired) electrons. The fourth-order valence-corrected chi connectivity index (χ4v) is 14.6. The number of benzene rings is 8. The van der Waals surface area contributed by atoms with Crippen LogP contribution in [0.1, 0.15) is 11.1 Å². The highest BCUT2D eigenvalue weighted by molar-refractivity contribution is 7.21. The first-order valence-corrected chi connectivity index (χ1v) is 20.1. The quantitative estimate of drug-likeness (QED) is 0.172. The van der Waals surface area contributed by atoms with E-state index in [2.05, 4.69) is 187 Å². The van der Waals surface area contributed by atoms with Gasteiger partial charge < -0.3 is 9.32 Å². The molecule has 8 aromatic carbocycles. The molecule has 2 aliphatic rings. The highest BCUT2D eigenvalue weighted by Crippen LogP contribution is 2.45. The first-order valence-electron chi connectivity index (χ1n) is 18.1. The maximum atomic E-state index is 6.61. The van der Waals surface area contributed by atoms with E-state index in [-0.39, 0.29) is 0 Å². The van der Waals surface area contributed by atoms with Crippen LogP contribution in [0.25, 0.3) is 49.9 Å². The van der Waals surface area contributed by atoms with Crippen LogP contribution in [0.5, 0.6) is 0 Å². The first kappa shape index (κ1) is 29.3. The van der Waals surface area contributed by atoms with Crippen LogP contribution in [-0.4, -0.2) is 8.07 Å². The molecule has 0 saturated carbocycles. The summed E-state index contributed by atoms with van der Waals surface area (Å²) < 4.78 is 6.61. The predicted molar refractivity (Wildman–Crippen MR) is 221 cm³/mol. The van der Waals surface area contributed by atoms with Gasteiger partial charge in [-0.15, -0.1) is 0 Å². The van der Waals surface area contributed by atoms with Gasteiger partial charge in [0.1, 0.15) is 11.2 Å². The number of nitrogens with zero attached hydrogens (tertiary/aromatic N) is 1. The second-order valence-electron chi connectivity index (χ2n) is 14.0. The van der Waals surface area contributed by atoms with Crippen molar-refractivity contribution >= 4 is 84.7 Å². The molecule has 0 atom stereocenters. The van der Waals surface area contributed by atoms with Gasteiger partial charge in [-0.25, -0.2) is 0 Å². The van der Waals surface area contributed by atoms with Gasteiger partial charge in [0.2, 0.25) is 0 Å². The molecule has 0 amide bonds. The molecule has 11 rings (SSSR count). The molecule has 0 saturated heterocycles. The number of furan rings is 1. The van der Waals surface area contributed by atoms with Crippen molar-refractivity contribution < 1.29 is 4.42 Å². The summed E-state index contributed by atoms with van der Waals surface area (Å²) in [6.07, 6.45) is 5.58. The van der Waals surface area contributed by atoms with Crippen LogP contribution in [0.15, 0.2) is 186 Å². The molecule has 0 N–H and O–H groups in total. The Hall–Kier alpha value is -6.42. The smallest absolute Gasteiger partial charge is 0.184 e. The van der Waals surface area contributed by atoms with E-state index in [1.165, 1.54) is 54.0 Å². The molecule has 9 aromatic rings. The largest absolute Gasteiger partial charge is 0.455 e. The molecule has 244 valence electrons. The summed E-state index contributed by atoms with van der Waals surface area (Å²) in [5.74, 6) is 0. The van der Waals surface area contributed by atoms with Crippen molar-refractivity contribution in [3.63, 3.8) is 0 Å². The molecule has 0 fully saturated rings. The lowest BCUT2D eigenvalue weighted by Gasteiger charge is -2.47. The molecule has 1 aromatic heterocycles. The Morgan fingerprint density at radius 2 is 1.25 bits per heavy atom. The highest BCUT2D eigenvalue weighted by Gasteiger charge is 2.50. The second kappa shape index (κ2) is 11.3. The monoisotopic (exact) mass is 679 g/mol. The first-order chi connectivity index (χ1) is 25.8. The van der Waals surface area contributed by atoms with Gasteiger partial charge in [-0.05, 0) is 85.0 Å². The zero-order valence-electron chi connectivity index (χ0n) is 28.5. The molecular formula is C49H33NOSi. The van der Waals surface area contributed by atoms with Gasteiger partial charge in [0.15, 0.2) is 8.07 Å². The summed E-state index contributed by atoms with van der Waals surface area (Å²) in [5.41, 5.74) is 10.5. The van der Waals surface area contributed by atoms with Gasteiger partial charge in [-0.2, -0.15) is 0 Å². The maximum absolute atomic E-state index is 6.61. The van der Waals surface area contributed by atoms with Gasteiger partial charge in [0.05, 0.1) is 0 Å². The minimum Gasteiger partial charge on any atom is -0.455 e. The standard InChI is InChI=1S/C49H33NOSi/c1-4-18-36(19-5-1)50-43-31-34(39-25-14-26-41-40-24-10-11-28-45(40)51-48(39)41)29-30-46(43)52(37-20-6-2-7-21-37,38-22-8-3-9-23-38)49-42-27-13-16-33-15-12-17-35(47(33)42)32-44(49)50/h1-26,28-32H,27H2. The molecule has 1 aliphatic carbocycles. The van der Waals surface area contributed by atoms with Crippen LogP contribution in [0.3, 0.4) is 0 Å². The molecule has 52 heavy (non-hydrogen) atoms. The number of hydrogen-bond acceptors (Lipinski definition) is 2. The summed E-state index contributed by atoms with van der Waals surface area (Å²) in [7, 11) is -2.93. The highest BCUT2D eigenvalue weighted by atomic mass is 28.3. The van der Waals surface area contributed by atoms with E-state index in [1.54, 1.807) is 0 Å². The molecule has 1 aliphatic heterocycles. The molecule has 0 unspecified atom stereocenters. The lowest BCUT2D eigenvalue weighted by atomic mass is 9.91. The summed E-state index contributed by atoms with van der Waals surface area (Å²) in [4.78, 5) is 2.55.